The van der Waals surface area contributed by atoms with Crippen molar-refractivity contribution in [3.8, 4) is 21.9 Å². The van der Waals surface area contributed by atoms with Gasteiger partial charge in [-0.1, -0.05) is 0 Å². The van der Waals surface area contributed by atoms with Gasteiger partial charge < -0.3 is 20.6 Å². The number of phenols is 2. The SMILES string of the molecule is OCC(c1c(-c2ccc(O)cc2)sc2cc(O)ccc12)C1CCNCC1. The third-order valence-corrected chi connectivity index (χ3v) is 6.58. The van der Waals surface area contributed by atoms with Crippen molar-refractivity contribution in [3.63, 3.8) is 0 Å². The quantitative estimate of drug-likeness (QED) is 0.560. The van der Waals surface area contributed by atoms with Gasteiger partial charge in [0.05, 0.1) is 6.61 Å². The van der Waals surface area contributed by atoms with E-state index >= 15 is 0 Å². The Hall–Kier alpha value is -2.08. The normalized spacial score (nSPS) is 16.8. The van der Waals surface area contributed by atoms with E-state index in [9.17, 15) is 15.3 Å². The van der Waals surface area contributed by atoms with Crippen molar-refractivity contribution in [3.05, 3.63) is 48.0 Å². The molecule has 1 aliphatic rings. The second kappa shape index (κ2) is 7.27. The maximum Gasteiger partial charge on any atom is 0.117 e. The Labute approximate surface area is 156 Å². The van der Waals surface area contributed by atoms with Gasteiger partial charge in [0.15, 0.2) is 0 Å². The Bertz CT molecular complexity index is 898. The Balaban J connectivity index is 1.89. The summed E-state index contributed by atoms with van der Waals surface area (Å²) in [5, 5.41) is 34.3. The number of phenolic OH excluding ortho intramolecular Hbond substituents is 2. The summed E-state index contributed by atoms with van der Waals surface area (Å²) in [5.41, 5.74) is 2.20. The van der Waals surface area contributed by atoms with Crippen LogP contribution in [0, 0.1) is 5.92 Å². The third kappa shape index (κ3) is 3.18. The van der Waals surface area contributed by atoms with E-state index in [0.29, 0.717) is 5.92 Å². The standard InChI is InChI=1S/C21H23NO3S/c23-12-18(13-7-9-22-10-8-13)20-17-6-5-16(25)11-19(17)26-21(20)14-1-3-15(24)4-2-14/h1-6,11,13,18,22-25H,7-10,12H2. The lowest BCUT2D eigenvalue weighted by Crippen LogP contribution is -2.32. The van der Waals surface area contributed by atoms with Gasteiger partial charge in [-0.3, -0.25) is 0 Å². The Morgan fingerprint density at radius 1 is 1.00 bits per heavy atom. The molecule has 0 saturated carbocycles. The molecule has 4 nitrogen and oxygen atoms in total. The minimum Gasteiger partial charge on any atom is -0.508 e. The highest BCUT2D eigenvalue weighted by atomic mass is 32.1. The maximum absolute atomic E-state index is 10.3. The van der Waals surface area contributed by atoms with Gasteiger partial charge in [0, 0.05) is 15.5 Å². The number of rotatable bonds is 4. The lowest BCUT2D eigenvalue weighted by Gasteiger charge is -2.30. The minimum atomic E-state index is 0.0687. The van der Waals surface area contributed by atoms with E-state index in [1.165, 1.54) is 5.56 Å². The summed E-state index contributed by atoms with van der Waals surface area (Å²) in [6.07, 6.45) is 2.10. The molecule has 1 aromatic heterocycles. The van der Waals surface area contributed by atoms with Gasteiger partial charge in [0.1, 0.15) is 11.5 Å². The molecule has 2 heterocycles. The van der Waals surface area contributed by atoms with Crippen molar-refractivity contribution >= 4 is 21.4 Å². The van der Waals surface area contributed by atoms with Crippen molar-refractivity contribution in [1.29, 1.82) is 0 Å². The van der Waals surface area contributed by atoms with Crippen LogP contribution in [0.1, 0.15) is 24.3 Å². The summed E-state index contributed by atoms with van der Waals surface area (Å²) in [4.78, 5) is 1.11. The van der Waals surface area contributed by atoms with Gasteiger partial charge in [0.2, 0.25) is 0 Å². The molecule has 0 aliphatic carbocycles. The zero-order valence-corrected chi connectivity index (χ0v) is 15.3. The van der Waals surface area contributed by atoms with Gasteiger partial charge >= 0.3 is 0 Å². The van der Waals surface area contributed by atoms with Crippen molar-refractivity contribution < 1.29 is 15.3 Å². The van der Waals surface area contributed by atoms with Crippen molar-refractivity contribution in [2.24, 2.45) is 5.92 Å². The first-order valence-corrected chi connectivity index (χ1v) is 9.85. The van der Waals surface area contributed by atoms with Crippen LogP contribution in [0.3, 0.4) is 0 Å². The summed E-state index contributed by atoms with van der Waals surface area (Å²) in [6.45, 7) is 2.08. The van der Waals surface area contributed by atoms with Gasteiger partial charge in [0.25, 0.3) is 0 Å². The van der Waals surface area contributed by atoms with Crippen LogP contribution in [-0.2, 0) is 0 Å². The number of thiophene rings is 1. The largest absolute Gasteiger partial charge is 0.508 e. The number of aliphatic hydroxyl groups excluding tert-OH is 1. The number of fused-ring (bicyclic) bond motifs is 1. The van der Waals surface area contributed by atoms with Crippen LogP contribution >= 0.6 is 11.3 Å². The van der Waals surface area contributed by atoms with Crippen molar-refractivity contribution in [2.75, 3.05) is 19.7 Å². The Kier molecular flexibility index (Phi) is 4.85. The molecule has 1 unspecified atom stereocenters. The molecular formula is C21H23NO3S. The van der Waals surface area contributed by atoms with E-state index in [-0.39, 0.29) is 24.0 Å². The fourth-order valence-corrected chi connectivity index (χ4v) is 5.34. The number of aliphatic hydroxyl groups is 1. The highest BCUT2D eigenvalue weighted by molar-refractivity contribution is 7.22. The second-order valence-corrected chi connectivity index (χ2v) is 8.00. The summed E-state index contributed by atoms with van der Waals surface area (Å²) < 4.78 is 1.02. The van der Waals surface area contributed by atoms with Gasteiger partial charge in [-0.2, -0.15) is 0 Å². The highest BCUT2D eigenvalue weighted by Crippen LogP contribution is 2.46. The van der Waals surface area contributed by atoms with Gasteiger partial charge in [-0.25, -0.2) is 0 Å². The van der Waals surface area contributed by atoms with E-state index in [4.69, 9.17) is 0 Å². The van der Waals surface area contributed by atoms with E-state index in [0.717, 1.165) is 46.5 Å². The van der Waals surface area contributed by atoms with E-state index in [1.807, 2.05) is 18.2 Å². The first-order valence-electron chi connectivity index (χ1n) is 9.03. The molecule has 1 fully saturated rings. The number of hydrogen-bond donors (Lipinski definition) is 4. The molecule has 4 N–H and O–H groups in total. The molecule has 1 atom stereocenters. The first-order chi connectivity index (χ1) is 12.7. The number of benzene rings is 2. The predicted molar refractivity (Wildman–Crippen MR) is 106 cm³/mol. The molecule has 3 aromatic rings. The summed E-state index contributed by atoms with van der Waals surface area (Å²) in [5.74, 6) is 0.999. The zero-order chi connectivity index (χ0) is 18.1. The zero-order valence-electron chi connectivity index (χ0n) is 14.5. The minimum absolute atomic E-state index is 0.0687. The maximum atomic E-state index is 10.3. The number of piperidine rings is 1. The molecule has 0 spiro atoms. The molecule has 0 amide bonds. The molecular weight excluding hydrogens is 346 g/mol. The molecule has 136 valence electrons. The van der Waals surface area contributed by atoms with E-state index in [1.54, 1.807) is 35.6 Å². The first kappa shape index (κ1) is 17.3. The molecule has 0 bridgehead atoms. The lowest BCUT2D eigenvalue weighted by molar-refractivity contribution is 0.202. The number of aromatic hydroxyl groups is 2. The lowest BCUT2D eigenvalue weighted by atomic mass is 9.79. The number of nitrogens with one attached hydrogen (secondary N) is 1. The van der Waals surface area contributed by atoms with Crippen LogP contribution in [0.4, 0.5) is 0 Å². The summed E-state index contributed by atoms with van der Waals surface area (Å²) >= 11 is 1.64. The molecule has 0 radical (unpaired) electrons. The molecule has 2 aromatic carbocycles. The van der Waals surface area contributed by atoms with Crippen LogP contribution in [0.15, 0.2) is 42.5 Å². The predicted octanol–water partition coefficient (Wildman–Crippen LogP) is 4.06. The number of hydrogen-bond acceptors (Lipinski definition) is 5. The topological polar surface area (TPSA) is 72.7 Å². The highest BCUT2D eigenvalue weighted by Gasteiger charge is 2.29. The molecule has 5 heteroatoms. The average molecular weight is 369 g/mol. The van der Waals surface area contributed by atoms with Crippen molar-refractivity contribution in [2.45, 2.75) is 18.8 Å². The second-order valence-electron chi connectivity index (χ2n) is 6.95. The fourth-order valence-electron chi connectivity index (χ4n) is 4.02. The van der Waals surface area contributed by atoms with E-state index in [2.05, 4.69) is 5.32 Å². The Morgan fingerprint density at radius 2 is 1.69 bits per heavy atom. The fraction of sp³-hybridized carbons (Fsp3) is 0.333. The van der Waals surface area contributed by atoms with Crippen molar-refractivity contribution in [1.82, 2.24) is 5.32 Å². The van der Waals surface area contributed by atoms with Crippen LogP contribution in [0.2, 0.25) is 0 Å². The van der Waals surface area contributed by atoms with Crippen LogP contribution < -0.4 is 5.32 Å². The van der Waals surface area contributed by atoms with E-state index < -0.39 is 0 Å². The summed E-state index contributed by atoms with van der Waals surface area (Å²) in [7, 11) is 0. The third-order valence-electron chi connectivity index (χ3n) is 5.36. The molecule has 1 saturated heterocycles. The van der Waals surface area contributed by atoms with Gasteiger partial charge in [-0.15, -0.1) is 11.3 Å². The Morgan fingerprint density at radius 3 is 2.38 bits per heavy atom. The van der Waals surface area contributed by atoms with Crippen LogP contribution in [0.25, 0.3) is 20.5 Å². The monoisotopic (exact) mass is 369 g/mol. The smallest absolute Gasteiger partial charge is 0.117 e. The molecule has 1 aliphatic heterocycles. The molecule has 26 heavy (non-hydrogen) atoms. The molecule has 4 rings (SSSR count). The average Bonchev–Trinajstić information content (AvgIpc) is 3.02. The summed E-state index contributed by atoms with van der Waals surface area (Å²) in [6, 6.07) is 12.7. The van der Waals surface area contributed by atoms with Crippen LogP contribution in [0.5, 0.6) is 11.5 Å². The van der Waals surface area contributed by atoms with Crippen LogP contribution in [-0.4, -0.2) is 35.0 Å². The van der Waals surface area contributed by atoms with Gasteiger partial charge in [-0.05, 0) is 90.8 Å².